The summed E-state index contributed by atoms with van der Waals surface area (Å²) >= 11 is 9.18. The number of hydrogen-bond donors (Lipinski definition) is 1. The number of rotatable bonds is 6. The summed E-state index contributed by atoms with van der Waals surface area (Å²) in [7, 11) is 0. The summed E-state index contributed by atoms with van der Waals surface area (Å²) in [5.41, 5.74) is 3.05. The smallest absolute Gasteiger partial charge is 0.262 e. The Balaban J connectivity index is 1.22. The standard InChI is InChI=1S/C24H23ClN4O2S2/c1-14-22(15-6-8-16(25)9-7-15)28-20(32-14)12-26-19(30)10-11-29-13-27-23-21(24(29)31)17-4-2-3-5-18(17)33-23/h6-9,13H,2-5,10-12H2,1H3,(H,26,30). The van der Waals surface area contributed by atoms with Crippen LogP contribution in [0.15, 0.2) is 35.4 Å². The lowest BCUT2D eigenvalue weighted by atomic mass is 9.97. The third-order valence-electron chi connectivity index (χ3n) is 5.92. The first kappa shape index (κ1) is 22.3. The number of nitrogens with one attached hydrogen (secondary N) is 1. The number of carbonyl (C=O) groups excluding carboxylic acids is 1. The quantitative estimate of drug-likeness (QED) is 0.400. The zero-order valence-corrected chi connectivity index (χ0v) is 20.6. The maximum absolute atomic E-state index is 13.0. The molecule has 1 aliphatic carbocycles. The van der Waals surface area contributed by atoms with Gasteiger partial charge in [0.15, 0.2) is 0 Å². The molecule has 0 radical (unpaired) electrons. The lowest BCUT2D eigenvalue weighted by molar-refractivity contribution is -0.121. The van der Waals surface area contributed by atoms with Gasteiger partial charge in [-0.2, -0.15) is 0 Å². The van der Waals surface area contributed by atoms with Crippen molar-refractivity contribution >= 4 is 50.4 Å². The van der Waals surface area contributed by atoms with Crippen LogP contribution in [-0.4, -0.2) is 20.4 Å². The second-order valence-corrected chi connectivity index (χ2v) is 11.0. The molecular formula is C24H23ClN4O2S2. The lowest BCUT2D eigenvalue weighted by Gasteiger charge is -2.10. The predicted molar refractivity (Wildman–Crippen MR) is 134 cm³/mol. The van der Waals surface area contributed by atoms with Gasteiger partial charge in [0.2, 0.25) is 5.91 Å². The highest BCUT2D eigenvalue weighted by molar-refractivity contribution is 7.18. The average molecular weight is 499 g/mol. The first-order chi connectivity index (χ1) is 16.0. The minimum Gasteiger partial charge on any atom is -0.350 e. The van der Waals surface area contributed by atoms with E-state index in [1.807, 2.05) is 31.2 Å². The Hall–Kier alpha value is -2.55. The molecular weight excluding hydrogens is 476 g/mol. The van der Waals surface area contributed by atoms with Crippen molar-refractivity contribution < 1.29 is 4.79 Å². The monoisotopic (exact) mass is 498 g/mol. The minimum absolute atomic E-state index is 0.0321. The van der Waals surface area contributed by atoms with Crippen LogP contribution in [0, 0.1) is 6.92 Å². The molecule has 0 spiro atoms. The number of aryl methyl sites for hydroxylation is 4. The molecule has 1 aliphatic rings. The van der Waals surface area contributed by atoms with Gasteiger partial charge in [-0.15, -0.1) is 22.7 Å². The molecule has 170 valence electrons. The maximum atomic E-state index is 13.0. The summed E-state index contributed by atoms with van der Waals surface area (Å²) in [4.78, 5) is 37.9. The highest BCUT2D eigenvalue weighted by Crippen LogP contribution is 2.33. The molecule has 3 aromatic heterocycles. The van der Waals surface area contributed by atoms with Gasteiger partial charge in [-0.3, -0.25) is 14.2 Å². The first-order valence-electron chi connectivity index (χ1n) is 11.0. The van der Waals surface area contributed by atoms with Gasteiger partial charge >= 0.3 is 0 Å². The molecule has 1 amide bonds. The SMILES string of the molecule is Cc1sc(CNC(=O)CCn2cnc3sc4c(c3c2=O)CCCC4)nc1-c1ccc(Cl)cc1. The van der Waals surface area contributed by atoms with Gasteiger partial charge in [0.05, 0.1) is 24.0 Å². The minimum atomic E-state index is -0.116. The average Bonchev–Trinajstić information content (AvgIpc) is 3.38. The van der Waals surface area contributed by atoms with Crippen LogP contribution in [0.5, 0.6) is 0 Å². The van der Waals surface area contributed by atoms with Crippen molar-refractivity contribution in [2.24, 2.45) is 0 Å². The van der Waals surface area contributed by atoms with Crippen LogP contribution in [0.1, 0.15) is 39.6 Å². The number of aromatic nitrogens is 3. The number of thiophene rings is 1. The van der Waals surface area contributed by atoms with Crippen molar-refractivity contribution in [1.29, 1.82) is 0 Å². The number of amides is 1. The molecule has 0 fully saturated rings. The van der Waals surface area contributed by atoms with Gasteiger partial charge in [0.1, 0.15) is 9.84 Å². The van der Waals surface area contributed by atoms with E-state index in [4.69, 9.17) is 11.6 Å². The normalized spacial score (nSPS) is 13.3. The lowest BCUT2D eigenvalue weighted by Crippen LogP contribution is -2.27. The largest absolute Gasteiger partial charge is 0.350 e. The summed E-state index contributed by atoms with van der Waals surface area (Å²) in [5, 5.41) is 5.21. The summed E-state index contributed by atoms with van der Waals surface area (Å²) < 4.78 is 1.57. The number of fused-ring (bicyclic) bond motifs is 3. The second kappa shape index (κ2) is 9.37. The van der Waals surface area contributed by atoms with Gasteiger partial charge in [0, 0.05) is 33.3 Å². The van der Waals surface area contributed by atoms with Crippen LogP contribution in [-0.2, 0) is 30.7 Å². The Bertz CT molecular complexity index is 1390. The maximum Gasteiger partial charge on any atom is 0.262 e. The summed E-state index contributed by atoms with van der Waals surface area (Å²) in [6.07, 6.45) is 6.06. The molecule has 1 N–H and O–H groups in total. The Morgan fingerprint density at radius 1 is 1.18 bits per heavy atom. The van der Waals surface area contributed by atoms with E-state index in [9.17, 15) is 9.59 Å². The zero-order chi connectivity index (χ0) is 22.9. The molecule has 0 saturated heterocycles. The third kappa shape index (κ3) is 4.60. The molecule has 4 aromatic rings. The molecule has 5 rings (SSSR count). The van der Waals surface area contributed by atoms with Crippen LogP contribution in [0.2, 0.25) is 5.02 Å². The van der Waals surface area contributed by atoms with E-state index >= 15 is 0 Å². The van der Waals surface area contributed by atoms with Gasteiger partial charge in [-0.05, 0) is 50.3 Å². The molecule has 9 heteroatoms. The number of benzene rings is 1. The molecule has 0 bridgehead atoms. The van der Waals surface area contributed by atoms with E-state index in [0.717, 1.165) is 50.6 Å². The second-order valence-electron chi connectivity index (χ2n) is 8.18. The predicted octanol–water partition coefficient (Wildman–Crippen LogP) is 5.13. The molecule has 1 aromatic carbocycles. The van der Waals surface area contributed by atoms with E-state index in [1.54, 1.807) is 33.6 Å². The first-order valence-corrected chi connectivity index (χ1v) is 13.0. The van der Waals surface area contributed by atoms with E-state index in [1.165, 1.54) is 16.9 Å². The van der Waals surface area contributed by atoms with Gasteiger partial charge in [-0.1, -0.05) is 23.7 Å². The third-order valence-corrected chi connectivity index (χ3v) is 8.34. The molecule has 0 unspecified atom stereocenters. The fourth-order valence-electron chi connectivity index (χ4n) is 4.23. The highest BCUT2D eigenvalue weighted by atomic mass is 35.5. The van der Waals surface area contributed by atoms with Crippen molar-refractivity contribution in [3.05, 3.63) is 66.3 Å². The van der Waals surface area contributed by atoms with Crippen LogP contribution in [0.3, 0.4) is 0 Å². The van der Waals surface area contributed by atoms with Crippen molar-refractivity contribution in [2.75, 3.05) is 0 Å². The fraction of sp³-hybridized carbons (Fsp3) is 0.333. The van der Waals surface area contributed by atoms with Crippen LogP contribution >= 0.6 is 34.3 Å². The Morgan fingerprint density at radius 2 is 1.97 bits per heavy atom. The summed E-state index contributed by atoms with van der Waals surface area (Å²) in [6, 6.07) is 7.58. The van der Waals surface area contributed by atoms with E-state index in [-0.39, 0.29) is 17.9 Å². The van der Waals surface area contributed by atoms with Crippen molar-refractivity contribution in [3.63, 3.8) is 0 Å². The van der Waals surface area contributed by atoms with Gasteiger partial charge < -0.3 is 5.32 Å². The molecule has 3 heterocycles. The number of nitrogens with zero attached hydrogens (tertiary/aromatic N) is 3. The van der Waals surface area contributed by atoms with E-state index < -0.39 is 0 Å². The van der Waals surface area contributed by atoms with Crippen molar-refractivity contribution in [1.82, 2.24) is 19.9 Å². The topological polar surface area (TPSA) is 76.9 Å². The molecule has 0 atom stereocenters. The number of hydrogen-bond acceptors (Lipinski definition) is 6. The molecule has 0 aliphatic heterocycles. The number of halogens is 1. The number of carbonyl (C=O) groups is 1. The molecule has 0 saturated carbocycles. The summed E-state index contributed by atoms with van der Waals surface area (Å²) in [6.45, 7) is 2.69. The Kier molecular flexibility index (Phi) is 6.32. The Labute approximate surface area is 204 Å². The van der Waals surface area contributed by atoms with Gasteiger partial charge in [0.25, 0.3) is 5.56 Å². The Morgan fingerprint density at radius 3 is 2.79 bits per heavy atom. The van der Waals surface area contributed by atoms with E-state index in [0.29, 0.717) is 18.1 Å². The molecule has 6 nitrogen and oxygen atoms in total. The molecule has 33 heavy (non-hydrogen) atoms. The fourth-order valence-corrected chi connectivity index (χ4v) is 6.47. The number of thiazole rings is 1. The summed E-state index contributed by atoms with van der Waals surface area (Å²) in [5.74, 6) is -0.116. The van der Waals surface area contributed by atoms with Crippen LogP contribution < -0.4 is 10.9 Å². The zero-order valence-electron chi connectivity index (χ0n) is 18.2. The van der Waals surface area contributed by atoms with Gasteiger partial charge in [-0.25, -0.2) is 9.97 Å². The van der Waals surface area contributed by atoms with E-state index in [2.05, 4.69) is 15.3 Å². The van der Waals surface area contributed by atoms with Crippen molar-refractivity contribution in [3.8, 4) is 11.3 Å². The van der Waals surface area contributed by atoms with Crippen molar-refractivity contribution in [2.45, 2.75) is 52.1 Å². The highest BCUT2D eigenvalue weighted by Gasteiger charge is 2.20. The van der Waals surface area contributed by atoms with Crippen LogP contribution in [0.25, 0.3) is 21.5 Å². The van der Waals surface area contributed by atoms with Crippen LogP contribution in [0.4, 0.5) is 0 Å².